The van der Waals surface area contributed by atoms with E-state index in [0.717, 1.165) is 17.9 Å². The van der Waals surface area contributed by atoms with E-state index < -0.39 is 0 Å². The third-order valence-corrected chi connectivity index (χ3v) is 3.62. The Morgan fingerprint density at radius 2 is 1.87 bits per heavy atom. The molecule has 0 atom stereocenters. The van der Waals surface area contributed by atoms with E-state index in [9.17, 15) is 0 Å². The van der Waals surface area contributed by atoms with Crippen LogP contribution in [0, 0.1) is 12.3 Å². The molecule has 0 aliphatic rings. The van der Waals surface area contributed by atoms with Crippen molar-refractivity contribution in [2.75, 3.05) is 26.6 Å². The van der Waals surface area contributed by atoms with Crippen LogP contribution in [0.1, 0.15) is 41.0 Å². The zero-order valence-electron chi connectivity index (χ0n) is 15.9. The van der Waals surface area contributed by atoms with Crippen molar-refractivity contribution in [3.8, 4) is 12.3 Å². The molecule has 0 aliphatic carbocycles. The number of terminal acetylenes is 1. The van der Waals surface area contributed by atoms with E-state index in [1.807, 2.05) is 44.7 Å². The molecule has 0 radical (unpaired) electrons. The molecule has 0 unspecified atom stereocenters. The first-order valence-electron chi connectivity index (χ1n) is 7.83. The highest BCUT2D eigenvalue weighted by Gasteiger charge is 2.01. The fourth-order valence-electron chi connectivity index (χ4n) is 1.29. The molecule has 0 aliphatic heterocycles. The molecule has 0 saturated heterocycles. The Kier molecular flexibility index (Phi) is 26.4. The van der Waals surface area contributed by atoms with E-state index in [0.29, 0.717) is 6.61 Å². The predicted molar refractivity (Wildman–Crippen MR) is 108 cm³/mol. The van der Waals surface area contributed by atoms with E-state index in [2.05, 4.69) is 38.0 Å². The van der Waals surface area contributed by atoms with Crippen LogP contribution in [0.25, 0.3) is 0 Å². The van der Waals surface area contributed by atoms with Crippen molar-refractivity contribution in [3.05, 3.63) is 47.1 Å². The van der Waals surface area contributed by atoms with Crippen LogP contribution in [0.2, 0.25) is 0 Å². The van der Waals surface area contributed by atoms with E-state index in [-0.39, 0.29) is 0 Å². The van der Waals surface area contributed by atoms with Gasteiger partial charge in [0.25, 0.3) is 0 Å². The van der Waals surface area contributed by atoms with Crippen molar-refractivity contribution in [2.45, 2.75) is 41.0 Å². The number of allylic oxidation sites excluding steroid dienone is 5. The molecule has 0 aromatic rings. The lowest BCUT2D eigenvalue weighted by atomic mass is 10.2. The number of hydrogen-bond donors (Lipinski definition) is 0. The van der Waals surface area contributed by atoms with E-state index in [1.54, 1.807) is 21.1 Å². The van der Waals surface area contributed by atoms with E-state index in [1.165, 1.54) is 10.5 Å². The van der Waals surface area contributed by atoms with Gasteiger partial charge in [-0.1, -0.05) is 45.6 Å². The highest BCUT2D eigenvalue weighted by Crippen LogP contribution is 2.22. The van der Waals surface area contributed by atoms with E-state index in [4.69, 9.17) is 9.47 Å². The van der Waals surface area contributed by atoms with Crippen molar-refractivity contribution in [1.29, 1.82) is 0 Å². The van der Waals surface area contributed by atoms with Crippen molar-refractivity contribution >= 4 is 11.8 Å². The second-order valence-electron chi connectivity index (χ2n) is 3.91. The molecule has 0 bridgehead atoms. The van der Waals surface area contributed by atoms with Crippen LogP contribution in [0.15, 0.2) is 47.1 Å². The van der Waals surface area contributed by atoms with Crippen LogP contribution in [0.5, 0.6) is 0 Å². The molecule has 2 nitrogen and oxygen atoms in total. The topological polar surface area (TPSA) is 18.5 Å². The van der Waals surface area contributed by atoms with Gasteiger partial charge in [-0.25, -0.2) is 0 Å². The second kappa shape index (κ2) is 22.9. The Morgan fingerprint density at radius 3 is 2.22 bits per heavy atom. The lowest BCUT2D eigenvalue weighted by Gasteiger charge is -2.08. The quantitative estimate of drug-likeness (QED) is 0.292. The van der Waals surface area contributed by atoms with E-state index >= 15 is 0 Å². The summed E-state index contributed by atoms with van der Waals surface area (Å²) in [6.07, 6.45) is 13.7. The van der Waals surface area contributed by atoms with Crippen molar-refractivity contribution in [2.24, 2.45) is 0 Å². The smallest absolute Gasteiger partial charge is 0.121 e. The van der Waals surface area contributed by atoms with Gasteiger partial charge in [-0.2, -0.15) is 0 Å². The minimum absolute atomic E-state index is 0.502. The lowest BCUT2D eigenvalue weighted by molar-refractivity contribution is 0.159. The number of ether oxygens (including phenoxy) is 2. The lowest BCUT2D eigenvalue weighted by Crippen LogP contribution is -1.98. The zero-order chi connectivity index (χ0) is 18.5. The second-order valence-corrected chi connectivity index (χ2v) is 5.01. The number of rotatable bonds is 9. The maximum absolute atomic E-state index is 5.26. The molecule has 0 fully saturated rings. The Balaban J connectivity index is -0.000000710. The first-order valence-corrected chi connectivity index (χ1v) is 8.82. The van der Waals surface area contributed by atoms with Gasteiger partial charge in [0.1, 0.15) is 12.4 Å². The Hall–Kier alpha value is -1.37. The van der Waals surface area contributed by atoms with Crippen LogP contribution < -0.4 is 0 Å². The largest absolute Gasteiger partial charge is 0.499 e. The number of methoxy groups -OCH3 is 2. The third kappa shape index (κ3) is 18.6. The van der Waals surface area contributed by atoms with Gasteiger partial charge in [-0.3, -0.25) is 0 Å². The molecule has 0 spiro atoms. The summed E-state index contributed by atoms with van der Waals surface area (Å²) in [5.41, 5.74) is 1.23. The van der Waals surface area contributed by atoms with Crippen LogP contribution in [0.3, 0.4) is 0 Å². The molecule has 0 heterocycles. The highest BCUT2D eigenvalue weighted by molar-refractivity contribution is 8.03. The fourth-order valence-corrected chi connectivity index (χ4v) is 2.29. The number of hydrogen-bond acceptors (Lipinski definition) is 3. The molecular formula is C20H34O2S. The minimum Gasteiger partial charge on any atom is -0.499 e. The maximum atomic E-state index is 5.26. The number of thioether (sulfide) groups is 1. The summed E-state index contributed by atoms with van der Waals surface area (Å²) in [5, 5.41) is 0. The average Bonchev–Trinajstić information content (AvgIpc) is 2.58. The molecule has 0 rings (SSSR count). The first-order chi connectivity index (χ1) is 11.1. The molecule has 132 valence electrons. The average molecular weight is 339 g/mol. The van der Waals surface area contributed by atoms with Gasteiger partial charge in [0.15, 0.2) is 0 Å². The molecule has 0 N–H and O–H groups in total. The summed E-state index contributed by atoms with van der Waals surface area (Å²) < 4.78 is 10.3. The molecule has 23 heavy (non-hydrogen) atoms. The summed E-state index contributed by atoms with van der Waals surface area (Å²) in [6.45, 7) is 14.1. The summed E-state index contributed by atoms with van der Waals surface area (Å²) >= 11 is 1.83. The third-order valence-electron chi connectivity index (χ3n) is 2.34. The molecule has 0 aromatic carbocycles. The maximum Gasteiger partial charge on any atom is 0.121 e. The summed E-state index contributed by atoms with van der Waals surface area (Å²) in [6, 6.07) is 0. The van der Waals surface area contributed by atoms with Crippen molar-refractivity contribution < 1.29 is 9.47 Å². The molecule has 0 amide bonds. The van der Waals surface area contributed by atoms with Gasteiger partial charge < -0.3 is 9.47 Å². The normalized spacial score (nSPS) is 11.3. The van der Waals surface area contributed by atoms with Gasteiger partial charge in [-0.05, 0) is 36.8 Å². The summed E-state index contributed by atoms with van der Waals surface area (Å²) in [7, 11) is 3.33. The van der Waals surface area contributed by atoms with Crippen molar-refractivity contribution in [3.63, 3.8) is 0 Å². The van der Waals surface area contributed by atoms with Gasteiger partial charge in [0, 0.05) is 12.9 Å². The van der Waals surface area contributed by atoms with Gasteiger partial charge >= 0.3 is 0 Å². The molecule has 0 saturated carbocycles. The van der Waals surface area contributed by atoms with Crippen LogP contribution >= 0.6 is 11.8 Å². The fraction of sp³-hybridized carbons (Fsp3) is 0.500. The van der Waals surface area contributed by atoms with Gasteiger partial charge in [0.05, 0.1) is 7.11 Å². The monoisotopic (exact) mass is 338 g/mol. The van der Waals surface area contributed by atoms with Crippen LogP contribution in [0.4, 0.5) is 0 Å². The van der Waals surface area contributed by atoms with Gasteiger partial charge in [-0.15, -0.1) is 24.1 Å². The molecule has 0 aromatic heterocycles. The van der Waals surface area contributed by atoms with Gasteiger partial charge in [0.2, 0.25) is 0 Å². The van der Waals surface area contributed by atoms with Crippen LogP contribution in [-0.4, -0.2) is 26.6 Å². The zero-order valence-corrected chi connectivity index (χ0v) is 16.8. The first kappa shape index (κ1) is 26.5. The Bertz CT molecular complexity index is 398. The van der Waals surface area contributed by atoms with Crippen LogP contribution in [-0.2, 0) is 9.47 Å². The molecular weight excluding hydrogens is 304 g/mol. The Labute approximate surface area is 148 Å². The minimum atomic E-state index is 0.502. The highest BCUT2D eigenvalue weighted by atomic mass is 32.2. The van der Waals surface area contributed by atoms with Crippen molar-refractivity contribution in [1.82, 2.24) is 0 Å². The Morgan fingerprint density at radius 1 is 1.30 bits per heavy atom. The SMILES string of the molecule is C#CC.C=C/C=C(/CC)SCC(=C/C)/C=C(\COC)OC.CC. The standard InChI is InChI=1S/C15H24O2S.C3H4.C2H6/c1-6-9-15(8-3)18-12-13(7-2)10-14(17-5)11-16-4;1-3-2;1-2/h6-7,9-10H,1,8,11-12H2,2-5H3;1H,2H3;1-2H3/b13-7+,14-10+,15-9-;;. The predicted octanol–water partition coefficient (Wildman–Crippen LogP) is 5.99. The summed E-state index contributed by atoms with van der Waals surface area (Å²) in [5.74, 6) is 4.03. The summed E-state index contributed by atoms with van der Waals surface area (Å²) in [4.78, 5) is 1.34. The molecule has 3 heteroatoms.